The predicted molar refractivity (Wildman–Crippen MR) is 90.6 cm³/mol. The van der Waals surface area contributed by atoms with Crippen molar-refractivity contribution in [2.45, 2.75) is 6.42 Å². The van der Waals surface area contributed by atoms with Crippen molar-refractivity contribution in [3.05, 3.63) is 48.0 Å². The molecule has 1 aliphatic rings. The molecule has 0 unspecified atom stereocenters. The maximum Gasteiger partial charge on any atom is 0.227 e. The van der Waals surface area contributed by atoms with Gasteiger partial charge in [-0.2, -0.15) is 4.31 Å². The zero-order chi connectivity index (χ0) is 16.4. The summed E-state index contributed by atoms with van der Waals surface area (Å²) in [4.78, 5) is 14.2. The molecule has 1 fully saturated rings. The fourth-order valence-electron chi connectivity index (χ4n) is 2.90. The molecule has 1 aliphatic heterocycles. The summed E-state index contributed by atoms with van der Waals surface area (Å²) in [5, 5.41) is 2.28. The highest BCUT2D eigenvalue weighted by Crippen LogP contribution is 2.17. The van der Waals surface area contributed by atoms with Gasteiger partial charge in [-0.25, -0.2) is 8.42 Å². The van der Waals surface area contributed by atoms with Crippen LogP contribution in [0.25, 0.3) is 10.8 Å². The zero-order valence-corrected chi connectivity index (χ0v) is 13.9. The van der Waals surface area contributed by atoms with Crippen molar-refractivity contribution in [3.8, 4) is 0 Å². The number of piperazine rings is 1. The summed E-state index contributed by atoms with van der Waals surface area (Å²) in [6.45, 7) is 1.67. The van der Waals surface area contributed by atoms with Crippen LogP contribution in [0.5, 0.6) is 0 Å². The fraction of sp³-hybridized carbons (Fsp3) is 0.353. The first-order valence-electron chi connectivity index (χ1n) is 7.64. The first-order valence-corrected chi connectivity index (χ1v) is 9.49. The molecular weight excluding hydrogens is 312 g/mol. The second-order valence-corrected chi connectivity index (χ2v) is 7.88. The van der Waals surface area contributed by atoms with Gasteiger partial charge in [-0.15, -0.1) is 0 Å². The van der Waals surface area contributed by atoms with Gasteiger partial charge in [0.15, 0.2) is 0 Å². The lowest BCUT2D eigenvalue weighted by molar-refractivity contribution is -0.131. The van der Waals surface area contributed by atoms with Crippen LogP contribution in [0.3, 0.4) is 0 Å². The van der Waals surface area contributed by atoms with E-state index in [2.05, 4.69) is 0 Å². The number of amides is 1. The van der Waals surface area contributed by atoms with Crippen LogP contribution in [-0.4, -0.2) is 56.0 Å². The Morgan fingerprint density at radius 3 is 2.30 bits per heavy atom. The van der Waals surface area contributed by atoms with Crippen LogP contribution in [0.4, 0.5) is 0 Å². The average Bonchev–Trinajstić information content (AvgIpc) is 2.54. The number of fused-ring (bicyclic) bond motifs is 1. The fourth-order valence-corrected chi connectivity index (χ4v) is 3.73. The van der Waals surface area contributed by atoms with Gasteiger partial charge >= 0.3 is 0 Å². The topological polar surface area (TPSA) is 57.7 Å². The molecule has 0 aliphatic carbocycles. The summed E-state index contributed by atoms with van der Waals surface area (Å²) in [5.74, 6) is 0.0495. The van der Waals surface area contributed by atoms with Crippen molar-refractivity contribution in [1.82, 2.24) is 9.21 Å². The number of benzene rings is 2. The van der Waals surface area contributed by atoms with E-state index < -0.39 is 10.0 Å². The maximum absolute atomic E-state index is 12.4. The molecule has 0 N–H and O–H groups in total. The number of sulfonamides is 1. The maximum atomic E-state index is 12.4. The van der Waals surface area contributed by atoms with Crippen LogP contribution in [0.15, 0.2) is 42.5 Å². The minimum atomic E-state index is -3.16. The molecule has 122 valence electrons. The third kappa shape index (κ3) is 3.71. The molecule has 5 nitrogen and oxygen atoms in total. The first-order chi connectivity index (χ1) is 10.9. The largest absolute Gasteiger partial charge is 0.340 e. The van der Waals surface area contributed by atoms with E-state index in [0.29, 0.717) is 32.6 Å². The van der Waals surface area contributed by atoms with Gasteiger partial charge < -0.3 is 4.90 Å². The Bertz CT molecular complexity index is 825. The molecule has 3 rings (SSSR count). The van der Waals surface area contributed by atoms with E-state index in [0.717, 1.165) is 16.3 Å². The standard InChI is InChI=1S/C17H20N2O3S/c1-23(21,22)19-10-8-18(9-11-19)17(20)13-14-6-7-15-4-2-3-5-16(15)12-14/h2-7,12H,8-11,13H2,1H3. The predicted octanol–water partition coefficient (Wildman–Crippen LogP) is 1.49. The lowest BCUT2D eigenvalue weighted by Gasteiger charge is -2.33. The van der Waals surface area contributed by atoms with E-state index in [1.54, 1.807) is 4.90 Å². The monoisotopic (exact) mass is 332 g/mol. The van der Waals surface area contributed by atoms with Crippen molar-refractivity contribution in [3.63, 3.8) is 0 Å². The Kier molecular flexibility index (Phi) is 4.37. The molecule has 6 heteroatoms. The summed E-state index contributed by atoms with van der Waals surface area (Å²) >= 11 is 0. The van der Waals surface area contributed by atoms with Gasteiger partial charge in [0.2, 0.25) is 15.9 Å². The van der Waals surface area contributed by atoms with Crippen molar-refractivity contribution in [1.29, 1.82) is 0 Å². The lowest BCUT2D eigenvalue weighted by atomic mass is 10.0. The van der Waals surface area contributed by atoms with Crippen LogP contribution < -0.4 is 0 Å². The van der Waals surface area contributed by atoms with Crippen molar-refractivity contribution in [2.75, 3.05) is 32.4 Å². The SMILES string of the molecule is CS(=O)(=O)N1CCN(C(=O)Cc2ccc3ccccc3c2)CC1. The number of rotatable bonds is 3. The second-order valence-electron chi connectivity index (χ2n) is 5.90. The second kappa shape index (κ2) is 6.29. The van der Waals surface area contributed by atoms with Crippen molar-refractivity contribution in [2.24, 2.45) is 0 Å². The third-order valence-corrected chi connectivity index (χ3v) is 5.53. The van der Waals surface area contributed by atoms with Crippen LogP contribution in [-0.2, 0) is 21.2 Å². The lowest BCUT2D eigenvalue weighted by Crippen LogP contribution is -2.50. The summed E-state index contributed by atoms with van der Waals surface area (Å²) in [5.41, 5.74) is 0.985. The molecule has 0 saturated carbocycles. The van der Waals surface area contributed by atoms with E-state index in [1.807, 2.05) is 42.5 Å². The smallest absolute Gasteiger partial charge is 0.227 e. The molecule has 0 radical (unpaired) electrons. The molecular formula is C17H20N2O3S. The molecule has 0 aromatic heterocycles. The number of carbonyl (C=O) groups excluding carboxylic acids is 1. The van der Waals surface area contributed by atoms with Gasteiger partial charge in [0, 0.05) is 26.2 Å². The van der Waals surface area contributed by atoms with E-state index in [-0.39, 0.29) is 5.91 Å². The first kappa shape index (κ1) is 16.0. The van der Waals surface area contributed by atoms with Crippen LogP contribution >= 0.6 is 0 Å². The molecule has 23 heavy (non-hydrogen) atoms. The van der Waals surface area contributed by atoms with Gasteiger partial charge in [0.25, 0.3) is 0 Å². The Balaban J connectivity index is 1.65. The van der Waals surface area contributed by atoms with Gasteiger partial charge in [-0.3, -0.25) is 4.79 Å². The van der Waals surface area contributed by atoms with Crippen molar-refractivity contribution < 1.29 is 13.2 Å². The Morgan fingerprint density at radius 1 is 1.00 bits per heavy atom. The van der Waals surface area contributed by atoms with Crippen LogP contribution in [0.1, 0.15) is 5.56 Å². The minimum absolute atomic E-state index is 0.0495. The summed E-state index contributed by atoms with van der Waals surface area (Å²) < 4.78 is 24.4. The molecule has 1 amide bonds. The number of hydrogen-bond donors (Lipinski definition) is 0. The van der Waals surface area contributed by atoms with Crippen LogP contribution in [0, 0.1) is 0 Å². The average molecular weight is 332 g/mol. The molecule has 2 aromatic carbocycles. The number of carbonyl (C=O) groups is 1. The van der Waals surface area contributed by atoms with Gasteiger partial charge in [-0.05, 0) is 16.3 Å². The summed E-state index contributed by atoms with van der Waals surface area (Å²) in [6, 6.07) is 14.1. The highest BCUT2D eigenvalue weighted by Gasteiger charge is 2.25. The van der Waals surface area contributed by atoms with E-state index in [9.17, 15) is 13.2 Å². The van der Waals surface area contributed by atoms with Crippen LogP contribution in [0.2, 0.25) is 0 Å². The molecule has 1 heterocycles. The Labute approximate surface area is 136 Å². The molecule has 1 saturated heterocycles. The van der Waals surface area contributed by atoms with E-state index in [1.165, 1.54) is 10.6 Å². The van der Waals surface area contributed by atoms with Gasteiger partial charge in [-0.1, -0.05) is 42.5 Å². The van der Waals surface area contributed by atoms with E-state index in [4.69, 9.17) is 0 Å². The molecule has 2 aromatic rings. The van der Waals surface area contributed by atoms with Gasteiger partial charge in [0.1, 0.15) is 0 Å². The summed E-state index contributed by atoms with van der Waals surface area (Å²) in [6.07, 6.45) is 1.56. The molecule has 0 atom stereocenters. The Hall–Kier alpha value is -1.92. The Morgan fingerprint density at radius 2 is 1.65 bits per heavy atom. The number of nitrogens with zero attached hydrogens (tertiary/aromatic N) is 2. The quantitative estimate of drug-likeness (QED) is 0.855. The molecule has 0 spiro atoms. The summed E-state index contributed by atoms with van der Waals surface area (Å²) in [7, 11) is -3.16. The normalized spacial score (nSPS) is 16.7. The number of hydrogen-bond acceptors (Lipinski definition) is 3. The minimum Gasteiger partial charge on any atom is -0.340 e. The van der Waals surface area contributed by atoms with Gasteiger partial charge in [0.05, 0.1) is 12.7 Å². The molecule has 0 bridgehead atoms. The zero-order valence-electron chi connectivity index (χ0n) is 13.1. The highest BCUT2D eigenvalue weighted by atomic mass is 32.2. The highest BCUT2D eigenvalue weighted by molar-refractivity contribution is 7.88. The van der Waals surface area contributed by atoms with E-state index >= 15 is 0 Å². The van der Waals surface area contributed by atoms with Crippen molar-refractivity contribution >= 4 is 26.7 Å². The third-order valence-electron chi connectivity index (χ3n) is 4.23.